The summed E-state index contributed by atoms with van der Waals surface area (Å²) in [5.41, 5.74) is 21.5. The molecular formula is C60H50IrN-. The van der Waals surface area contributed by atoms with Gasteiger partial charge in [0.1, 0.15) is 0 Å². The summed E-state index contributed by atoms with van der Waals surface area (Å²) < 4.78 is 0. The minimum atomic E-state index is -0.108. The Labute approximate surface area is 380 Å². The molecule has 0 unspecified atom stereocenters. The van der Waals surface area contributed by atoms with Gasteiger partial charge in [-0.3, -0.25) is 4.98 Å². The second kappa shape index (κ2) is 17.7. The normalized spacial score (nSPS) is 12.4. The van der Waals surface area contributed by atoms with Crippen molar-refractivity contribution in [1.82, 2.24) is 4.98 Å². The Morgan fingerprint density at radius 1 is 0.452 bits per heavy atom. The number of hydrogen-bond acceptors (Lipinski definition) is 1. The Morgan fingerprint density at radius 2 is 1.03 bits per heavy atom. The largest absolute Gasteiger partial charge is 0.296 e. The Kier molecular flexibility index (Phi) is 11.7. The molecule has 0 amide bonds. The number of pyridine rings is 1. The van der Waals surface area contributed by atoms with E-state index in [1.807, 2.05) is 0 Å². The van der Waals surface area contributed by atoms with E-state index in [9.17, 15) is 0 Å². The maximum absolute atomic E-state index is 5.34. The van der Waals surface area contributed by atoms with Gasteiger partial charge in [0.15, 0.2) is 0 Å². The average Bonchev–Trinajstić information content (AvgIpc) is 3.55. The molecule has 1 heterocycles. The number of aromatic nitrogens is 1. The average molecular weight is 977 g/mol. The van der Waals surface area contributed by atoms with Gasteiger partial charge in [-0.1, -0.05) is 197 Å². The number of hydrogen-bond donors (Lipinski definition) is 0. The van der Waals surface area contributed by atoms with Gasteiger partial charge >= 0.3 is 0 Å². The zero-order chi connectivity index (χ0) is 41.3. The molecule has 62 heavy (non-hydrogen) atoms. The molecule has 305 valence electrons. The fourth-order valence-electron chi connectivity index (χ4n) is 9.49. The Morgan fingerprint density at radius 3 is 1.73 bits per heavy atom. The van der Waals surface area contributed by atoms with Crippen LogP contribution in [-0.4, -0.2) is 4.98 Å². The molecule has 1 nitrogen and oxygen atoms in total. The van der Waals surface area contributed by atoms with E-state index in [2.05, 4.69) is 215 Å². The van der Waals surface area contributed by atoms with Crippen LogP contribution in [0.1, 0.15) is 63.1 Å². The van der Waals surface area contributed by atoms with Gasteiger partial charge in [-0.15, -0.1) is 29.3 Å². The Hall–Kier alpha value is -6.18. The van der Waals surface area contributed by atoms with E-state index in [1.54, 1.807) is 0 Å². The quantitative estimate of drug-likeness (QED) is 0.0930. The number of benzene rings is 8. The smallest absolute Gasteiger partial charge is 0.0602 e. The number of nitrogens with zero attached hydrogens (tertiary/aromatic N) is 1. The standard InChI is InChI=1S/C60H50N.Ir/c1-4-5-6-8-17-41-18-13-21-43(34-41)44-22-14-23-45(35-44)46-24-15-25-47(36-46)48-26-16-27-50(37-48)54-40-59(61-58-33-31-49(38-55(54)58)42-19-9-7-10-20-42)51-30-32-53-52-28-11-12-29-56(52)60(2,3)57(53)39-51;/h7,9-16,18-29,31-40H,4-6,8,17H2,1-3H3;/q-1;. The van der Waals surface area contributed by atoms with Crippen molar-refractivity contribution in [3.05, 3.63) is 211 Å². The molecule has 0 bridgehead atoms. The molecule has 1 aliphatic carbocycles. The predicted molar refractivity (Wildman–Crippen MR) is 259 cm³/mol. The summed E-state index contributed by atoms with van der Waals surface area (Å²) >= 11 is 0. The van der Waals surface area contributed by atoms with Gasteiger partial charge in [0, 0.05) is 25.5 Å². The van der Waals surface area contributed by atoms with Crippen LogP contribution in [0.3, 0.4) is 0 Å². The minimum absolute atomic E-state index is 0. The second-order valence-electron chi connectivity index (χ2n) is 17.3. The van der Waals surface area contributed by atoms with Gasteiger partial charge in [-0.25, -0.2) is 0 Å². The Bertz CT molecular complexity index is 3050. The molecule has 0 spiro atoms. The van der Waals surface area contributed by atoms with Crippen molar-refractivity contribution in [2.24, 2.45) is 0 Å². The maximum atomic E-state index is 5.34. The number of fused-ring (bicyclic) bond motifs is 4. The van der Waals surface area contributed by atoms with Crippen molar-refractivity contribution in [3.63, 3.8) is 0 Å². The van der Waals surface area contributed by atoms with Crippen molar-refractivity contribution in [3.8, 4) is 78.0 Å². The van der Waals surface area contributed by atoms with Crippen molar-refractivity contribution < 1.29 is 20.1 Å². The van der Waals surface area contributed by atoms with E-state index in [1.165, 1.54) is 98.0 Å². The third-order valence-electron chi connectivity index (χ3n) is 12.9. The van der Waals surface area contributed by atoms with Crippen LogP contribution in [0.5, 0.6) is 0 Å². The zero-order valence-electron chi connectivity index (χ0n) is 35.7. The van der Waals surface area contributed by atoms with Crippen LogP contribution in [-0.2, 0) is 31.9 Å². The molecule has 0 fully saturated rings. The molecule has 8 aromatic carbocycles. The first-order valence-corrected chi connectivity index (χ1v) is 22.0. The van der Waals surface area contributed by atoms with Crippen LogP contribution in [0, 0.1) is 6.07 Å². The van der Waals surface area contributed by atoms with Gasteiger partial charge < -0.3 is 0 Å². The van der Waals surface area contributed by atoms with Gasteiger partial charge in [-0.05, 0) is 121 Å². The molecule has 9 aromatic rings. The van der Waals surface area contributed by atoms with E-state index in [4.69, 9.17) is 4.98 Å². The molecule has 0 aliphatic heterocycles. The van der Waals surface area contributed by atoms with Crippen LogP contribution in [0.2, 0.25) is 0 Å². The van der Waals surface area contributed by atoms with Crippen LogP contribution in [0.4, 0.5) is 0 Å². The number of aryl methyl sites for hydroxylation is 1. The molecular weight excluding hydrogens is 927 g/mol. The maximum Gasteiger partial charge on any atom is 0.0602 e. The summed E-state index contributed by atoms with van der Waals surface area (Å²) in [5, 5.41) is 1.13. The van der Waals surface area contributed by atoms with Crippen LogP contribution >= 0.6 is 0 Å². The summed E-state index contributed by atoms with van der Waals surface area (Å²) in [6, 6.07) is 72.7. The molecule has 2 heteroatoms. The van der Waals surface area contributed by atoms with Crippen LogP contribution < -0.4 is 0 Å². The summed E-state index contributed by atoms with van der Waals surface area (Å²) in [7, 11) is 0. The molecule has 0 saturated carbocycles. The first-order chi connectivity index (χ1) is 29.9. The molecule has 0 atom stereocenters. The molecule has 0 N–H and O–H groups in total. The molecule has 0 saturated heterocycles. The molecule has 10 rings (SSSR count). The van der Waals surface area contributed by atoms with Crippen molar-refractivity contribution in [2.75, 3.05) is 0 Å². The third-order valence-corrected chi connectivity index (χ3v) is 12.9. The fraction of sp³-hybridized carbons (Fsp3) is 0.150. The first kappa shape index (κ1) is 41.2. The summed E-state index contributed by atoms with van der Waals surface area (Å²) in [6.07, 6.45) is 6.26. The molecule has 1 aliphatic rings. The monoisotopic (exact) mass is 977 g/mol. The van der Waals surface area contributed by atoms with Gasteiger partial charge in [0.25, 0.3) is 0 Å². The van der Waals surface area contributed by atoms with E-state index in [-0.39, 0.29) is 25.5 Å². The zero-order valence-corrected chi connectivity index (χ0v) is 38.1. The third kappa shape index (κ3) is 8.02. The van der Waals surface area contributed by atoms with Crippen LogP contribution in [0.15, 0.2) is 188 Å². The SMILES string of the molecule is CCCCCCc1cccc(-c2cccc(-c3cccc(-c4cccc(-c5cc(-c6[c-]cc7c(c6)C(C)(C)c6ccccc6-7)nc6ccc(-c7ccccc7)cc56)c4)c3)c2)c1.[Ir]. The molecule has 1 radical (unpaired) electrons. The minimum Gasteiger partial charge on any atom is -0.296 e. The number of rotatable bonds is 11. The second-order valence-corrected chi connectivity index (χ2v) is 17.3. The summed E-state index contributed by atoms with van der Waals surface area (Å²) in [6.45, 7) is 6.94. The van der Waals surface area contributed by atoms with Crippen molar-refractivity contribution in [1.29, 1.82) is 0 Å². The van der Waals surface area contributed by atoms with Crippen LogP contribution in [0.25, 0.3) is 88.9 Å². The molecule has 1 aromatic heterocycles. The van der Waals surface area contributed by atoms with Gasteiger partial charge in [0.05, 0.1) is 5.52 Å². The van der Waals surface area contributed by atoms with Gasteiger partial charge in [-0.2, -0.15) is 0 Å². The van der Waals surface area contributed by atoms with Crippen molar-refractivity contribution >= 4 is 10.9 Å². The first-order valence-electron chi connectivity index (χ1n) is 22.0. The topological polar surface area (TPSA) is 12.9 Å². The van der Waals surface area contributed by atoms with E-state index in [0.717, 1.165) is 39.7 Å². The Balaban J connectivity index is 0.00000490. The van der Waals surface area contributed by atoms with Gasteiger partial charge in [0.2, 0.25) is 0 Å². The van der Waals surface area contributed by atoms with E-state index in [0.29, 0.717) is 0 Å². The van der Waals surface area contributed by atoms with E-state index < -0.39 is 0 Å². The summed E-state index contributed by atoms with van der Waals surface area (Å²) in [5.74, 6) is 0. The van der Waals surface area contributed by atoms with E-state index >= 15 is 0 Å². The fourth-order valence-corrected chi connectivity index (χ4v) is 9.49. The number of unbranched alkanes of at least 4 members (excludes halogenated alkanes) is 3. The van der Waals surface area contributed by atoms with Crippen molar-refractivity contribution in [2.45, 2.75) is 58.3 Å². The predicted octanol–water partition coefficient (Wildman–Crippen LogP) is 16.5. The summed E-state index contributed by atoms with van der Waals surface area (Å²) in [4.78, 5) is 5.34.